The molecule has 0 bridgehead atoms. The Kier molecular flexibility index (Phi) is 4.66. The summed E-state index contributed by atoms with van der Waals surface area (Å²) in [7, 11) is 0. The highest BCUT2D eigenvalue weighted by atomic mass is 16.2. The summed E-state index contributed by atoms with van der Waals surface area (Å²) in [5.41, 5.74) is 1.93. The second-order valence-electron chi connectivity index (χ2n) is 8.18. The minimum absolute atomic E-state index is 0.0506. The van der Waals surface area contributed by atoms with Crippen LogP contribution in [-0.2, 0) is 11.3 Å². The van der Waals surface area contributed by atoms with Gasteiger partial charge in [0.1, 0.15) is 12.1 Å². The van der Waals surface area contributed by atoms with Crippen molar-refractivity contribution < 1.29 is 4.79 Å². The van der Waals surface area contributed by atoms with Gasteiger partial charge >= 0.3 is 0 Å². The van der Waals surface area contributed by atoms with Crippen LogP contribution in [-0.4, -0.2) is 31.5 Å². The number of benzene rings is 1. The van der Waals surface area contributed by atoms with Gasteiger partial charge in [-0.05, 0) is 37.8 Å². The van der Waals surface area contributed by atoms with Crippen molar-refractivity contribution >= 4 is 16.8 Å². The molecule has 0 aliphatic heterocycles. The number of para-hydroxylation sites is 1. The molecule has 2 saturated carbocycles. The van der Waals surface area contributed by atoms with Crippen LogP contribution in [0.1, 0.15) is 56.6 Å². The average molecular weight is 391 g/mol. The molecule has 3 aromatic rings. The lowest BCUT2D eigenvalue weighted by atomic mass is 9.95. The van der Waals surface area contributed by atoms with E-state index in [2.05, 4.69) is 15.5 Å². The second kappa shape index (κ2) is 7.46. The molecule has 2 aromatic heterocycles. The first kappa shape index (κ1) is 18.1. The Morgan fingerprint density at radius 3 is 2.55 bits per heavy atom. The number of carbonyl (C=O) groups excluding carboxylic acids is 1. The Morgan fingerprint density at radius 1 is 1.07 bits per heavy atom. The molecule has 150 valence electrons. The standard InChI is InChI=1S/C22H25N5O2/c28-19(24-16-7-3-1-4-8-16)14-26-22(29)21-18(20(25-26)15-11-12-15)13-23-27(21)17-9-5-2-6-10-17/h2,5-6,9-10,13,15-16H,1,3-4,7-8,11-12,14H2,(H,24,28). The Bertz CT molecular complexity index is 1090. The summed E-state index contributed by atoms with van der Waals surface area (Å²) in [6.07, 6.45) is 9.42. The maximum atomic E-state index is 13.3. The van der Waals surface area contributed by atoms with Crippen LogP contribution in [0.15, 0.2) is 41.3 Å². The maximum absolute atomic E-state index is 13.3. The smallest absolute Gasteiger partial charge is 0.293 e. The molecule has 7 heteroatoms. The largest absolute Gasteiger partial charge is 0.352 e. The van der Waals surface area contributed by atoms with Gasteiger partial charge in [0.05, 0.1) is 17.6 Å². The number of hydrogen-bond donors (Lipinski definition) is 1. The third-order valence-corrected chi connectivity index (χ3v) is 5.94. The molecule has 1 aromatic carbocycles. The van der Waals surface area contributed by atoms with E-state index in [0.29, 0.717) is 11.4 Å². The molecule has 2 heterocycles. The van der Waals surface area contributed by atoms with E-state index in [1.807, 2.05) is 30.3 Å². The zero-order valence-corrected chi connectivity index (χ0v) is 16.4. The molecule has 7 nitrogen and oxygen atoms in total. The lowest BCUT2D eigenvalue weighted by Gasteiger charge is -2.22. The van der Waals surface area contributed by atoms with Crippen LogP contribution in [0.25, 0.3) is 16.6 Å². The topological polar surface area (TPSA) is 81.8 Å². The zero-order valence-electron chi connectivity index (χ0n) is 16.4. The number of nitrogens with zero attached hydrogens (tertiary/aromatic N) is 4. The van der Waals surface area contributed by atoms with Crippen molar-refractivity contribution in [3.8, 4) is 5.69 Å². The van der Waals surface area contributed by atoms with Gasteiger partial charge in [-0.2, -0.15) is 10.2 Å². The van der Waals surface area contributed by atoms with Crippen molar-refractivity contribution in [2.24, 2.45) is 0 Å². The van der Waals surface area contributed by atoms with Crippen LogP contribution in [0, 0.1) is 0 Å². The van der Waals surface area contributed by atoms with Crippen LogP contribution < -0.4 is 10.9 Å². The molecule has 0 radical (unpaired) electrons. The van der Waals surface area contributed by atoms with E-state index in [-0.39, 0.29) is 24.1 Å². The van der Waals surface area contributed by atoms with Crippen molar-refractivity contribution in [2.45, 2.75) is 63.5 Å². The number of rotatable bonds is 5. The van der Waals surface area contributed by atoms with E-state index in [1.165, 1.54) is 11.1 Å². The summed E-state index contributed by atoms with van der Waals surface area (Å²) in [5, 5.41) is 12.9. The van der Waals surface area contributed by atoms with E-state index in [1.54, 1.807) is 10.9 Å². The molecule has 0 unspecified atom stereocenters. The molecule has 1 amide bonds. The third kappa shape index (κ3) is 3.57. The predicted octanol–water partition coefficient (Wildman–Crippen LogP) is 2.91. The number of carbonyl (C=O) groups is 1. The number of amides is 1. The van der Waals surface area contributed by atoms with Gasteiger partial charge in [0, 0.05) is 17.3 Å². The molecular formula is C22H25N5O2. The molecule has 5 rings (SSSR count). The van der Waals surface area contributed by atoms with E-state index in [0.717, 1.165) is 55.3 Å². The van der Waals surface area contributed by atoms with Crippen LogP contribution in [0.4, 0.5) is 0 Å². The van der Waals surface area contributed by atoms with Crippen molar-refractivity contribution in [3.63, 3.8) is 0 Å². The fraction of sp³-hybridized carbons (Fsp3) is 0.455. The predicted molar refractivity (Wildman–Crippen MR) is 110 cm³/mol. The van der Waals surface area contributed by atoms with Gasteiger partial charge in [0.2, 0.25) is 5.91 Å². The molecule has 0 atom stereocenters. The van der Waals surface area contributed by atoms with Crippen LogP contribution in [0.3, 0.4) is 0 Å². The van der Waals surface area contributed by atoms with E-state index in [9.17, 15) is 9.59 Å². The SMILES string of the molecule is O=C(Cn1nc(C2CC2)c2cnn(-c3ccccc3)c2c1=O)NC1CCCCC1. The van der Waals surface area contributed by atoms with E-state index >= 15 is 0 Å². The number of hydrogen-bond acceptors (Lipinski definition) is 4. The molecule has 2 aliphatic carbocycles. The van der Waals surface area contributed by atoms with Gasteiger partial charge < -0.3 is 5.32 Å². The maximum Gasteiger partial charge on any atom is 0.293 e. The normalized spacial score (nSPS) is 17.5. The highest BCUT2D eigenvalue weighted by Gasteiger charge is 2.30. The average Bonchev–Trinajstić information content (AvgIpc) is 3.49. The number of nitrogens with one attached hydrogen (secondary N) is 1. The molecule has 29 heavy (non-hydrogen) atoms. The van der Waals surface area contributed by atoms with Crippen molar-refractivity contribution in [3.05, 3.63) is 52.6 Å². The molecule has 2 aliphatic rings. The number of aromatic nitrogens is 4. The van der Waals surface area contributed by atoms with Crippen LogP contribution >= 0.6 is 0 Å². The zero-order chi connectivity index (χ0) is 19.8. The van der Waals surface area contributed by atoms with Crippen molar-refractivity contribution in [1.82, 2.24) is 24.9 Å². The van der Waals surface area contributed by atoms with Crippen molar-refractivity contribution in [1.29, 1.82) is 0 Å². The third-order valence-electron chi connectivity index (χ3n) is 5.94. The number of fused-ring (bicyclic) bond motifs is 1. The van der Waals surface area contributed by atoms with E-state index < -0.39 is 0 Å². The van der Waals surface area contributed by atoms with Gasteiger partial charge in [-0.1, -0.05) is 37.5 Å². The quantitative estimate of drug-likeness (QED) is 0.725. The summed E-state index contributed by atoms with van der Waals surface area (Å²) in [4.78, 5) is 25.9. The van der Waals surface area contributed by atoms with Crippen molar-refractivity contribution in [2.75, 3.05) is 0 Å². The van der Waals surface area contributed by atoms with E-state index in [4.69, 9.17) is 0 Å². The summed E-state index contributed by atoms with van der Waals surface area (Å²) >= 11 is 0. The summed E-state index contributed by atoms with van der Waals surface area (Å²) in [6.45, 7) is -0.0506. The first-order chi connectivity index (χ1) is 14.2. The van der Waals surface area contributed by atoms with Crippen LogP contribution in [0.5, 0.6) is 0 Å². The Balaban J connectivity index is 1.52. The fourth-order valence-corrected chi connectivity index (χ4v) is 4.28. The molecule has 0 spiro atoms. The Hall–Kier alpha value is -2.96. The molecule has 0 saturated heterocycles. The van der Waals surface area contributed by atoms with Crippen LogP contribution in [0.2, 0.25) is 0 Å². The highest BCUT2D eigenvalue weighted by Crippen LogP contribution is 2.41. The molecular weight excluding hydrogens is 366 g/mol. The van der Waals surface area contributed by atoms with Gasteiger partial charge in [0.15, 0.2) is 0 Å². The second-order valence-corrected chi connectivity index (χ2v) is 8.18. The Labute approximate surface area is 168 Å². The Morgan fingerprint density at radius 2 is 1.83 bits per heavy atom. The molecule has 2 fully saturated rings. The van der Waals surface area contributed by atoms with Gasteiger partial charge in [-0.3, -0.25) is 9.59 Å². The summed E-state index contributed by atoms with van der Waals surface area (Å²) in [6, 6.07) is 9.82. The monoisotopic (exact) mass is 391 g/mol. The lowest BCUT2D eigenvalue weighted by Crippen LogP contribution is -2.40. The first-order valence-electron chi connectivity index (χ1n) is 10.5. The van der Waals surface area contributed by atoms with Gasteiger partial charge in [-0.15, -0.1) is 0 Å². The summed E-state index contributed by atoms with van der Waals surface area (Å²) < 4.78 is 3.00. The minimum Gasteiger partial charge on any atom is -0.352 e. The van der Waals surface area contributed by atoms with Gasteiger partial charge in [0.25, 0.3) is 5.56 Å². The first-order valence-corrected chi connectivity index (χ1v) is 10.5. The minimum atomic E-state index is -0.274. The summed E-state index contributed by atoms with van der Waals surface area (Å²) in [5.74, 6) is 0.206. The highest BCUT2D eigenvalue weighted by molar-refractivity contribution is 5.83. The van der Waals surface area contributed by atoms with Gasteiger partial charge in [-0.25, -0.2) is 9.36 Å². The molecule has 1 N–H and O–H groups in total. The fourth-order valence-electron chi connectivity index (χ4n) is 4.28. The lowest BCUT2D eigenvalue weighted by molar-refractivity contribution is -0.122.